The summed E-state index contributed by atoms with van der Waals surface area (Å²) in [6.07, 6.45) is 1.31. The monoisotopic (exact) mass is 452 g/mol. The number of hydrogen-bond donors (Lipinski definition) is 0. The van der Waals surface area contributed by atoms with Crippen molar-refractivity contribution in [1.82, 2.24) is 0 Å². The fraction of sp³-hybridized carbons (Fsp3) is 0.0870. The van der Waals surface area contributed by atoms with Crippen molar-refractivity contribution in [2.45, 2.75) is 6.61 Å². The summed E-state index contributed by atoms with van der Waals surface area (Å²) in [5.41, 5.74) is 1.22. The van der Waals surface area contributed by atoms with Crippen molar-refractivity contribution >= 4 is 26.9 Å². The van der Waals surface area contributed by atoms with Crippen LogP contribution in [0.1, 0.15) is 5.56 Å². The van der Waals surface area contributed by atoms with Gasteiger partial charge < -0.3 is 18.6 Å². The van der Waals surface area contributed by atoms with Crippen LogP contribution < -0.4 is 19.6 Å². The van der Waals surface area contributed by atoms with E-state index in [-0.39, 0.29) is 11.2 Å². The second kappa shape index (κ2) is 8.41. The van der Waals surface area contributed by atoms with E-state index in [2.05, 4.69) is 15.9 Å². The number of benzene rings is 3. The molecule has 0 unspecified atom stereocenters. The van der Waals surface area contributed by atoms with Gasteiger partial charge in [-0.1, -0.05) is 28.1 Å². The maximum atomic E-state index is 12.7. The summed E-state index contributed by atoms with van der Waals surface area (Å²) < 4.78 is 23.2. The zero-order valence-electron chi connectivity index (χ0n) is 15.6. The Hall–Kier alpha value is -3.25. The summed E-state index contributed by atoms with van der Waals surface area (Å²) in [6.45, 7) is 0.411. The first-order chi connectivity index (χ1) is 14.1. The Morgan fingerprint density at radius 1 is 0.931 bits per heavy atom. The molecule has 4 rings (SSSR count). The van der Waals surface area contributed by atoms with E-state index in [1.165, 1.54) is 6.26 Å². The third-order valence-corrected chi connectivity index (χ3v) is 4.79. The molecule has 6 heteroatoms. The van der Waals surface area contributed by atoms with Crippen molar-refractivity contribution in [3.63, 3.8) is 0 Å². The zero-order chi connectivity index (χ0) is 20.2. The minimum Gasteiger partial charge on any atom is -0.497 e. The van der Waals surface area contributed by atoms with E-state index in [0.29, 0.717) is 34.8 Å². The molecule has 0 amide bonds. The van der Waals surface area contributed by atoms with E-state index >= 15 is 0 Å². The Bertz CT molecular complexity index is 1200. The molecule has 0 spiro atoms. The maximum Gasteiger partial charge on any atom is 0.235 e. The fourth-order valence-corrected chi connectivity index (χ4v) is 3.26. The van der Waals surface area contributed by atoms with Gasteiger partial charge in [0, 0.05) is 10.5 Å². The minimum atomic E-state index is -0.249. The molecule has 146 valence electrons. The lowest BCUT2D eigenvalue weighted by Gasteiger charge is -2.09. The van der Waals surface area contributed by atoms with E-state index in [1.54, 1.807) is 49.6 Å². The zero-order valence-corrected chi connectivity index (χ0v) is 17.1. The minimum absolute atomic E-state index is 0.116. The molecule has 0 radical (unpaired) electrons. The second-order valence-corrected chi connectivity index (χ2v) is 7.20. The molecule has 0 aliphatic rings. The van der Waals surface area contributed by atoms with Crippen LogP contribution in [0.3, 0.4) is 0 Å². The first kappa shape index (κ1) is 19.1. The predicted molar refractivity (Wildman–Crippen MR) is 114 cm³/mol. The van der Waals surface area contributed by atoms with Crippen LogP contribution in [0.2, 0.25) is 0 Å². The van der Waals surface area contributed by atoms with Gasteiger partial charge in [0.1, 0.15) is 35.7 Å². The summed E-state index contributed by atoms with van der Waals surface area (Å²) in [6, 6.07) is 20.0. The smallest absolute Gasteiger partial charge is 0.235 e. The maximum absolute atomic E-state index is 12.7. The van der Waals surface area contributed by atoms with Crippen molar-refractivity contribution < 1.29 is 18.6 Å². The highest BCUT2D eigenvalue weighted by molar-refractivity contribution is 9.10. The molecule has 0 N–H and O–H groups in total. The van der Waals surface area contributed by atoms with Gasteiger partial charge in [0.2, 0.25) is 11.2 Å². The summed E-state index contributed by atoms with van der Waals surface area (Å²) in [7, 11) is 1.59. The normalized spacial score (nSPS) is 10.7. The Labute approximate surface area is 175 Å². The van der Waals surface area contributed by atoms with Crippen molar-refractivity contribution in [2.24, 2.45) is 0 Å². The van der Waals surface area contributed by atoms with E-state index in [9.17, 15) is 4.79 Å². The molecule has 29 heavy (non-hydrogen) atoms. The average Bonchev–Trinajstić information content (AvgIpc) is 2.75. The Morgan fingerprint density at radius 2 is 1.69 bits per heavy atom. The van der Waals surface area contributed by atoms with Gasteiger partial charge in [0.05, 0.1) is 12.5 Å². The van der Waals surface area contributed by atoms with Crippen LogP contribution in [-0.2, 0) is 6.61 Å². The van der Waals surface area contributed by atoms with E-state index < -0.39 is 0 Å². The molecule has 0 fully saturated rings. The van der Waals surface area contributed by atoms with Crippen molar-refractivity contribution in [3.05, 3.63) is 93.3 Å². The lowest BCUT2D eigenvalue weighted by Crippen LogP contribution is -2.05. The number of fused-ring (bicyclic) bond motifs is 1. The third kappa shape index (κ3) is 4.43. The van der Waals surface area contributed by atoms with Crippen LogP contribution >= 0.6 is 15.9 Å². The lowest BCUT2D eigenvalue weighted by atomic mass is 10.2. The van der Waals surface area contributed by atoms with E-state index in [4.69, 9.17) is 18.6 Å². The first-order valence-corrected chi connectivity index (χ1v) is 9.66. The molecule has 5 nitrogen and oxygen atoms in total. The van der Waals surface area contributed by atoms with Crippen LogP contribution in [-0.4, -0.2) is 7.11 Å². The predicted octanol–water partition coefficient (Wildman–Crippen LogP) is 5.94. The Kier molecular flexibility index (Phi) is 5.53. The first-order valence-electron chi connectivity index (χ1n) is 8.87. The number of halogens is 1. The quantitative estimate of drug-likeness (QED) is 0.362. The largest absolute Gasteiger partial charge is 0.497 e. The highest BCUT2D eigenvalue weighted by atomic mass is 79.9. The van der Waals surface area contributed by atoms with Crippen molar-refractivity contribution in [2.75, 3.05) is 7.11 Å². The van der Waals surface area contributed by atoms with E-state index in [0.717, 1.165) is 10.0 Å². The molecule has 0 saturated heterocycles. The lowest BCUT2D eigenvalue weighted by molar-refractivity contribution is 0.306. The Morgan fingerprint density at radius 3 is 2.45 bits per heavy atom. The molecule has 0 aliphatic heterocycles. The standard InChI is InChI=1S/C23H17BrO5/c1-26-17-5-7-18(8-6-17)29-22-14-28-21-12-19(9-10-20(21)23(22)25)27-13-15-3-2-4-16(24)11-15/h2-12,14H,13H2,1H3. The van der Waals surface area contributed by atoms with Gasteiger partial charge in [-0.25, -0.2) is 0 Å². The van der Waals surface area contributed by atoms with Crippen LogP contribution in [0.5, 0.6) is 23.0 Å². The van der Waals surface area contributed by atoms with Crippen molar-refractivity contribution in [3.8, 4) is 23.0 Å². The fourth-order valence-electron chi connectivity index (χ4n) is 2.82. The molecule has 0 bridgehead atoms. The van der Waals surface area contributed by atoms with Gasteiger partial charge in [0.15, 0.2) is 0 Å². The summed E-state index contributed by atoms with van der Waals surface area (Å²) in [5, 5.41) is 0.422. The van der Waals surface area contributed by atoms with Gasteiger partial charge in [-0.3, -0.25) is 4.79 Å². The summed E-state index contributed by atoms with van der Waals surface area (Å²) in [4.78, 5) is 12.7. The molecule has 1 aromatic heterocycles. The summed E-state index contributed by atoms with van der Waals surface area (Å²) >= 11 is 3.44. The molecule has 4 aromatic rings. The van der Waals surface area contributed by atoms with Gasteiger partial charge >= 0.3 is 0 Å². The van der Waals surface area contributed by atoms with Crippen LogP contribution in [0.4, 0.5) is 0 Å². The highest BCUT2D eigenvalue weighted by Crippen LogP contribution is 2.26. The van der Waals surface area contributed by atoms with Crippen LogP contribution in [0.15, 0.2) is 86.7 Å². The number of ether oxygens (including phenoxy) is 3. The van der Waals surface area contributed by atoms with Gasteiger partial charge in [-0.05, 0) is 54.1 Å². The van der Waals surface area contributed by atoms with Crippen LogP contribution in [0, 0.1) is 0 Å². The second-order valence-electron chi connectivity index (χ2n) is 6.28. The molecule has 0 aliphatic carbocycles. The molecule has 0 atom stereocenters. The topological polar surface area (TPSA) is 57.9 Å². The van der Waals surface area contributed by atoms with Gasteiger partial charge in [-0.15, -0.1) is 0 Å². The molecule has 0 saturated carbocycles. The molecule has 1 heterocycles. The number of rotatable bonds is 6. The van der Waals surface area contributed by atoms with Crippen LogP contribution in [0.25, 0.3) is 11.0 Å². The SMILES string of the molecule is COc1ccc(Oc2coc3cc(OCc4cccc(Br)c4)ccc3c2=O)cc1. The number of hydrogen-bond acceptors (Lipinski definition) is 5. The third-order valence-electron chi connectivity index (χ3n) is 4.30. The van der Waals surface area contributed by atoms with Gasteiger partial charge in [0.25, 0.3) is 0 Å². The van der Waals surface area contributed by atoms with Gasteiger partial charge in [-0.2, -0.15) is 0 Å². The Balaban J connectivity index is 1.53. The van der Waals surface area contributed by atoms with Crippen molar-refractivity contribution in [1.29, 1.82) is 0 Å². The molecular formula is C23H17BrO5. The number of methoxy groups -OCH3 is 1. The summed E-state index contributed by atoms with van der Waals surface area (Å²) in [5.74, 6) is 1.96. The average molecular weight is 453 g/mol. The molecule has 3 aromatic carbocycles. The molecular weight excluding hydrogens is 436 g/mol. The van der Waals surface area contributed by atoms with E-state index in [1.807, 2.05) is 24.3 Å². The highest BCUT2D eigenvalue weighted by Gasteiger charge is 2.10.